The highest BCUT2D eigenvalue weighted by Gasteiger charge is 2.17. The lowest BCUT2D eigenvalue weighted by molar-refractivity contribution is 0.0594. The molecule has 0 spiro atoms. The molecule has 0 aliphatic carbocycles. The van der Waals surface area contributed by atoms with Crippen molar-refractivity contribution in [1.29, 1.82) is 0 Å². The summed E-state index contributed by atoms with van der Waals surface area (Å²) in [6.07, 6.45) is 2.49. The van der Waals surface area contributed by atoms with Gasteiger partial charge in [-0.3, -0.25) is 4.79 Å². The third kappa shape index (κ3) is 1.77. The Morgan fingerprint density at radius 3 is 2.89 bits per heavy atom. The first-order chi connectivity index (χ1) is 8.54. The molecule has 0 aromatic carbocycles. The van der Waals surface area contributed by atoms with E-state index in [-0.39, 0.29) is 22.9 Å². The SMILES string of the molecule is COC(=O)c1nn(-c2nc[nH]c(=O)c2N)cc1N. The van der Waals surface area contributed by atoms with Crippen LogP contribution in [0, 0.1) is 0 Å². The highest BCUT2D eigenvalue weighted by atomic mass is 16.5. The lowest BCUT2D eigenvalue weighted by Crippen LogP contribution is -2.17. The van der Waals surface area contributed by atoms with Gasteiger partial charge < -0.3 is 21.2 Å². The number of hydrogen-bond acceptors (Lipinski definition) is 7. The molecule has 9 heteroatoms. The number of esters is 1. The van der Waals surface area contributed by atoms with Crippen molar-refractivity contribution >= 4 is 17.3 Å². The van der Waals surface area contributed by atoms with Gasteiger partial charge in [-0.25, -0.2) is 14.5 Å². The van der Waals surface area contributed by atoms with Crippen LogP contribution in [0.3, 0.4) is 0 Å². The van der Waals surface area contributed by atoms with E-state index in [0.29, 0.717) is 0 Å². The van der Waals surface area contributed by atoms with E-state index in [0.717, 1.165) is 4.68 Å². The van der Waals surface area contributed by atoms with Gasteiger partial charge in [0.05, 0.1) is 25.3 Å². The maximum atomic E-state index is 11.3. The molecule has 0 aliphatic rings. The quantitative estimate of drug-likeness (QED) is 0.574. The number of anilines is 2. The molecule has 0 atom stereocenters. The summed E-state index contributed by atoms with van der Waals surface area (Å²) in [5, 5.41) is 3.87. The van der Waals surface area contributed by atoms with E-state index in [9.17, 15) is 9.59 Å². The molecule has 5 N–H and O–H groups in total. The van der Waals surface area contributed by atoms with Crippen molar-refractivity contribution in [3.05, 3.63) is 28.6 Å². The highest BCUT2D eigenvalue weighted by molar-refractivity contribution is 5.92. The van der Waals surface area contributed by atoms with Crippen molar-refractivity contribution in [2.24, 2.45) is 0 Å². The van der Waals surface area contributed by atoms with Gasteiger partial charge in [0.15, 0.2) is 11.5 Å². The molecule has 2 aromatic heterocycles. The monoisotopic (exact) mass is 250 g/mol. The van der Waals surface area contributed by atoms with Gasteiger partial charge in [0.1, 0.15) is 5.69 Å². The number of nitrogens with zero attached hydrogens (tertiary/aromatic N) is 3. The Bertz CT molecular complexity index is 659. The predicted molar refractivity (Wildman–Crippen MR) is 62.1 cm³/mol. The number of hydrogen-bond donors (Lipinski definition) is 3. The van der Waals surface area contributed by atoms with E-state index in [1.807, 2.05) is 0 Å². The smallest absolute Gasteiger partial charge is 0.360 e. The van der Waals surface area contributed by atoms with Gasteiger partial charge in [-0.2, -0.15) is 5.10 Å². The number of nitrogens with two attached hydrogens (primary N) is 2. The number of nitrogens with one attached hydrogen (secondary N) is 1. The molecular weight excluding hydrogens is 240 g/mol. The number of aromatic nitrogens is 4. The summed E-state index contributed by atoms with van der Waals surface area (Å²) in [6, 6.07) is 0. The van der Waals surface area contributed by atoms with Crippen LogP contribution in [0.2, 0.25) is 0 Å². The van der Waals surface area contributed by atoms with Crippen LogP contribution in [0.5, 0.6) is 0 Å². The standard InChI is InChI=1S/C9H10N6O3/c1-18-9(17)6-4(10)2-15(14-6)7-5(11)8(16)13-3-12-7/h2-3H,10-11H2,1H3,(H,12,13,16). The van der Waals surface area contributed by atoms with Gasteiger partial charge in [0.25, 0.3) is 5.56 Å². The molecule has 94 valence electrons. The minimum Gasteiger partial charge on any atom is -0.464 e. The second-order valence-corrected chi connectivity index (χ2v) is 3.34. The molecule has 0 saturated carbocycles. The normalized spacial score (nSPS) is 10.3. The van der Waals surface area contributed by atoms with Gasteiger partial charge in [-0.15, -0.1) is 0 Å². The van der Waals surface area contributed by atoms with E-state index in [2.05, 4.69) is 19.8 Å². The molecule has 0 saturated heterocycles. The zero-order valence-electron chi connectivity index (χ0n) is 9.38. The van der Waals surface area contributed by atoms with Crippen molar-refractivity contribution < 1.29 is 9.53 Å². The second kappa shape index (κ2) is 4.20. The summed E-state index contributed by atoms with van der Waals surface area (Å²) in [7, 11) is 1.21. The first-order valence-electron chi connectivity index (χ1n) is 4.81. The molecule has 0 aliphatic heterocycles. The Labute approximate surface area is 100 Å². The number of aromatic amines is 1. The van der Waals surface area contributed by atoms with Crippen molar-refractivity contribution in [3.63, 3.8) is 0 Å². The molecule has 0 fully saturated rings. The van der Waals surface area contributed by atoms with Crippen LogP contribution in [0.1, 0.15) is 10.5 Å². The summed E-state index contributed by atoms with van der Waals surface area (Å²) >= 11 is 0. The van der Waals surface area contributed by atoms with Crippen LogP contribution >= 0.6 is 0 Å². The molecule has 18 heavy (non-hydrogen) atoms. The highest BCUT2D eigenvalue weighted by Crippen LogP contribution is 2.15. The number of H-pyrrole nitrogens is 1. The molecule has 0 amide bonds. The number of ether oxygens (including phenoxy) is 1. The second-order valence-electron chi connectivity index (χ2n) is 3.34. The summed E-state index contributed by atoms with van der Waals surface area (Å²) in [4.78, 5) is 28.8. The zero-order chi connectivity index (χ0) is 13.3. The molecule has 2 aromatic rings. The first-order valence-corrected chi connectivity index (χ1v) is 4.81. The summed E-state index contributed by atoms with van der Waals surface area (Å²) in [5.74, 6) is -0.602. The summed E-state index contributed by atoms with van der Waals surface area (Å²) in [5.41, 5.74) is 10.6. The number of carbonyl (C=O) groups is 1. The van der Waals surface area contributed by atoms with Crippen molar-refractivity contribution in [3.8, 4) is 5.82 Å². The van der Waals surface area contributed by atoms with Crippen LogP contribution < -0.4 is 17.0 Å². The van der Waals surface area contributed by atoms with E-state index >= 15 is 0 Å². The van der Waals surface area contributed by atoms with Crippen LogP contribution in [-0.4, -0.2) is 32.8 Å². The fourth-order valence-corrected chi connectivity index (χ4v) is 1.33. The third-order valence-corrected chi connectivity index (χ3v) is 2.21. The topological polar surface area (TPSA) is 142 Å². The molecule has 0 bridgehead atoms. The molecular formula is C9H10N6O3. The Kier molecular flexibility index (Phi) is 2.72. The minimum absolute atomic E-state index is 0.0704. The zero-order valence-corrected chi connectivity index (χ0v) is 9.38. The van der Waals surface area contributed by atoms with Gasteiger partial charge in [0.2, 0.25) is 0 Å². The molecule has 0 radical (unpaired) electrons. The van der Waals surface area contributed by atoms with Crippen molar-refractivity contribution in [1.82, 2.24) is 19.7 Å². The molecule has 0 unspecified atom stereocenters. The Balaban J connectivity index is 2.56. The lowest BCUT2D eigenvalue weighted by Gasteiger charge is -2.01. The van der Waals surface area contributed by atoms with E-state index in [1.54, 1.807) is 0 Å². The number of nitrogen functional groups attached to an aromatic ring is 2. The average molecular weight is 250 g/mol. The van der Waals surface area contributed by atoms with Crippen LogP contribution in [0.15, 0.2) is 17.3 Å². The number of carbonyl (C=O) groups excluding carboxylic acids is 1. The summed E-state index contributed by atoms with van der Waals surface area (Å²) < 4.78 is 5.65. The van der Waals surface area contributed by atoms with Crippen LogP contribution in [0.4, 0.5) is 11.4 Å². The Morgan fingerprint density at radius 2 is 2.22 bits per heavy atom. The minimum atomic E-state index is -0.685. The Morgan fingerprint density at radius 1 is 1.50 bits per heavy atom. The van der Waals surface area contributed by atoms with Gasteiger partial charge in [-0.1, -0.05) is 0 Å². The molecule has 2 heterocycles. The number of methoxy groups -OCH3 is 1. The third-order valence-electron chi connectivity index (χ3n) is 2.21. The maximum Gasteiger partial charge on any atom is 0.360 e. The van der Waals surface area contributed by atoms with E-state index < -0.39 is 11.5 Å². The lowest BCUT2D eigenvalue weighted by atomic mass is 10.4. The largest absolute Gasteiger partial charge is 0.464 e. The first kappa shape index (κ1) is 11.6. The summed E-state index contributed by atoms with van der Waals surface area (Å²) in [6.45, 7) is 0. The van der Waals surface area contributed by atoms with Crippen LogP contribution in [-0.2, 0) is 4.74 Å². The Hall–Kier alpha value is -2.84. The van der Waals surface area contributed by atoms with Gasteiger partial charge >= 0.3 is 5.97 Å². The van der Waals surface area contributed by atoms with E-state index in [1.165, 1.54) is 19.6 Å². The molecule has 9 nitrogen and oxygen atoms in total. The maximum absolute atomic E-state index is 11.3. The van der Waals surface area contributed by atoms with Gasteiger partial charge in [0, 0.05) is 0 Å². The average Bonchev–Trinajstić information content (AvgIpc) is 2.73. The fraction of sp³-hybridized carbons (Fsp3) is 0.111. The fourth-order valence-electron chi connectivity index (χ4n) is 1.33. The van der Waals surface area contributed by atoms with E-state index in [4.69, 9.17) is 11.5 Å². The van der Waals surface area contributed by atoms with Gasteiger partial charge in [-0.05, 0) is 0 Å². The predicted octanol–water partition coefficient (Wildman–Crippen LogP) is -1.09. The van der Waals surface area contributed by atoms with Crippen LogP contribution in [0.25, 0.3) is 5.82 Å². The van der Waals surface area contributed by atoms with Crippen molar-refractivity contribution in [2.75, 3.05) is 18.6 Å². The number of rotatable bonds is 2. The molecule has 2 rings (SSSR count). The van der Waals surface area contributed by atoms with Crippen molar-refractivity contribution in [2.45, 2.75) is 0 Å².